The normalized spacial score (nSPS) is 12.5. The van der Waals surface area contributed by atoms with Crippen molar-refractivity contribution in [2.24, 2.45) is 0 Å². The summed E-state index contributed by atoms with van der Waals surface area (Å²) in [4.78, 5) is 2.13. The van der Waals surface area contributed by atoms with Gasteiger partial charge >= 0.3 is 0 Å². The van der Waals surface area contributed by atoms with Crippen molar-refractivity contribution >= 4 is 0 Å². The molecular formula is C15H25NO3. The standard InChI is InChI=1S/C15H25NO3/c1-5-6-9-16(2)11-14(17)13-10-12(18-3)7-8-15(13)19-4/h7-8,10,14,17H,5-6,9,11H2,1-4H3. The van der Waals surface area contributed by atoms with E-state index in [9.17, 15) is 5.11 Å². The molecule has 0 aromatic heterocycles. The predicted octanol–water partition coefficient (Wildman–Crippen LogP) is 2.47. The van der Waals surface area contributed by atoms with Crippen molar-refractivity contribution in [3.8, 4) is 11.5 Å². The van der Waals surface area contributed by atoms with Crippen LogP contribution in [0.5, 0.6) is 11.5 Å². The Kier molecular flexibility index (Phi) is 6.67. The summed E-state index contributed by atoms with van der Waals surface area (Å²) in [6.07, 6.45) is 1.72. The number of hydrogen-bond acceptors (Lipinski definition) is 4. The molecule has 0 radical (unpaired) electrons. The van der Waals surface area contributed by atoms with Gasteiger partial charge in [-0.15, -0.1) is 0 Å². The van der Waals surface area contributed by atoms with Gasteiger partial charge in [-0.1, -0.05) is 13.3 Å². The molecule has 0 spiro atoms. The summed E-state index contributed by atoms with van der Waals surface area (Å²) < 4.78 is 10.5. The summed E-state index contributed by atoms with van der Waals surface area (Å²) in [6, 6.07) is 5.48. The van der Waals surface area contributed by atoms with Crippen LogP contribution in [0.4, 0.5) is 0 Å². The number of unbranched alkanes of at least 4 members (excludes halogenated alkanes) is 1. The van der Waals surface area contributed by atoms with Gasteiger partial charge in [0.15, 0.2) is 0 Å². The van der Waals surface area contributed by atoms with Crippen LogP contribution in [0.3, 0.4) is 0 Å². The molecule has 0 saturated carbocycles. The van der Waals surface area contributed by atoms with Crippen LogP contribution in [0.1, 0.15) is 31.4 Å². The van der Waals surface area contributed by atoms with E-state index in [0.717, 1.165) is 30.7 Å². The van der Waals surface area contributed by atoms with E-state index >= 15 is 0 Å². The molecule has 1 atom stereocenters. The molecule has 4 heteroatoms. The van der Waals surface area contributed by atoms with Crippen molar-refractivity contribution in [1.29, 1.82) is 0 Å². The quantitative estimate of drug-likeness (QED) is 0.785. The first-order chi connectivity index (χ1) is 9.12. The molecule has 0 saturated heterocycles. The van der Waals surface area contributed by atoms with Crippen LogP contribution in [-0.4, -0.2) is 44.4 Å². The van der Waals surface area contributed by atoms with Gasteiger partial charge in [-0.05, 0) is 38.2 Å². The second-order valence-electron chi connectivity index (χ2n) is 4.74. The lowest BCUT2D eigenvalue weighted by atomic mass is 10.1. The van der Waals surface area contributed by atoms with E-state index in [1.807, 2.05) is 25.2 Å². The topological polar surface area (TPSA) is 41.9 Å². The SMILES string of the molecule is CCCCN(C)CC(O)c1cc(OC)ccc1OC. The van der Waals surface area contributed by atoms with Crippen molar-refractivity contribution in [1.82, 2.24) is 4.90 Å². The second kappa shape index (κ2) is 8.02. The maximum Gasteiger partial charge on any atom is 0.124 e. The van der Waals surface area contributed by atoms with E-state index < -0.39 is 6.10 Å². The van der Waals surface area contributed by atoms with Crippen molar-refractivity contribution in [2.45, 2.75) is 25.9 Å². The maximum absolute atomic E-state index is 10.3. The highest BCUT2D eigenvalue weighted by Crippen LogP contribution is 2.29. The van der Waals surface area contributed by atoms with Crippen LogP contribution in [0.15, 0.2) is 18.2 Å². The number of aliphatic hydroxyl groups is 1. The largest absolute Gasteiger partial charge is 0.497 e. The van der Waals surface area contributed by atoms with Crippen molar-refractivity contribution in [3.63, 3.8) is 0 Å². The van der Waals surface area contributed by atoms with Gasteiger partial charge in [0, 0.05) is 12.1 Å². The second-order valence-corrected chi connectivity index (χ2v) is 4.74. The van der Waals surface area contributed by atoms with Gasteiger partial charge in [-0.25, -0.2) is 0 Å². The zero-order valence-electron chi connectivity index (χ0n) is 12.3. The molecular weight excluding hydrogens is 242 g/mol. The Hall–Kier alpha value is -1.26. The molecule has 1 aromatic rings. The minimum absolute atomic E-state index is 0.577. The first-order valence-corrected chi connectivity index (χ1v) is 6.70. The van der Waals surface area contributed by atoms with Crippen LogP contribution in [0.25, 0.3) is 0 Å². The molecule has 1 unspecified atom stereocenters. The summed E-state index contributed by atoms with van der Waals surface area (Å²) in [5, 5.41) is 10.3. The minimum Gasteiger partial charge on any atom is -0.497 e. The Morgan fingerprint density at radius 2 is 2.00 bits per heavy atom. The average molecular weight is 267 g/mol. The van der Waals surface area contributed by atoms with Crippen LogP contribution < -0.4 is 9.47 Å². The Labute approximate surface area is 115 Å². The number of ether oxygens (including phenoxy) is 2. The molecule has 0 heterocycles. The summed E-state index contributed by atoms with van der Waals surface area (Å²) in [6.45, 7) is 3.73. The van der Waals surface area contributed by atoms with Crippen LogP contribution in [-0.2, 0) is 0 Å². The molecule has 1 aromatic carbocycles. The highest BCUT2D eigenvalue weighted by atomic mass is 16.5. The fourth-order valence-corrected chi connectivity index (χ4v) is 2.01. The number of methoxy groups -OCH3 is 2. The molecule has 0 amide bonds. The Morgan fingerprint density at radius 1 is 1.26 bits per heavy atom. The molecule has 0 bridgehead atoms. The lowest BCUT2D eigenvalue weighted by Gasteiger charge is -2.22. The molecule has 0 aliphatic carbocycles. The van der Waals surface area contributed by atoms with Crippen LogP contribution >= 0.6 is 0 Å². The maximum atomic E-state index is 10.3. The van der Waals surface area contributed by atoms with Gasteiger partial charge in [0.25, 0.3) is 0 Å². The fraction of sp³-hybridized carbons (Fsp3) is 0.600. The Balaban J connectivity index is 2.76. The molecule has 4 nitrogen and oxygen atoms in total. The van der Waals surface area contributed by atoms with Crippen molar-refractivity contribution in [3.05, 3.63) is 23.8 Å². The lowest BCUT2D eigenvalue weighted by molar-refractivity contribution is 0.123. The number of hydrogen-bond donors (Lipinski definition) is 1. The van der Waals surface area contributed by atoms with Gasteiger partial charge in [-0.3, -0.25) is 0 Å². The van der Waals surface area contributed by atoms with Gasteiger partial charge in [0.05, 0.1) is 20.3 Å². The number of aliphatic hydroxyl groups excluding tert-OH is 1. The monoisotopic (exact) mass is 267 g/mol. The summed E-state index contributed by atoms with van der Waals surface area (Å²) >= 11 is 0. The zero-order valence-corrected chi connectivity index (χ0v) is 12.3. The zero-order chi connectivity index (χ0) is 14.3. The molecule has 0 fully saturated rings. The first-order valence-electron chi connectivity index (χ1n) is 6.70. The number of likely N-dealkylation sites (N-methyl/N-ethyl adjacent to an activating group) is 1. The van der Waals surface area contributed by atoms with Crippen LogP contribution in [0.2, 0.25) is 0 Å². The van der Waals surface area contributed by atoms with Crippen molar-refractivity contribution < 1.29 is 14.6 Å². The third kappa shape index (κ3) is 4.73. The highest BCUT2D eigenvalue weighted by Gasteiger charge is 2.16. The molecule has 1 rings (SSSR count). The average Bonchev–Trinajstić information content (AvgIpc) is 2.44. The molecule has 19 heavy (non-hydrogen) atoms. The number of rotatable bonds is 8. The van der Waals surface area contributed by atoms with Gasteiger partial charge in [0.1, 0.15) is 11.5 Å². The molecule has 108 valence electrons. The van der Waals surface area contributed by atoms with Crippen LogP contribution in [0, 0.1) is 0 Å². The predicted molar refractivity (Wildman–Crippen MR) is 76.9 cm³/mol. The number of benzene rings is 1. The van der Waals surface area contributed by atoms with E-state index in [1.54, 1.807) is 14.2 Å². The fourth-order valence-electron chi connectivity index (χ4n) is 2.01. The Morgan fingerprint density at radius 3 is 2.58 bits per heavy atom. The molecule has 1 N–H and O–H groups in total. The lowest BCUT2D eigenvalue weighted by Crippen LogP contribution is -2.25. The smallest absolute Gasteiger partial charge is 0.124 e. The minimum atomic E-state index is -0.577. The third-order valence-corrected chi connectivity index (χ3v) is 3.17. The summed E-state index contributed by atoms with van der Waals surface area (Å²) in [7, 11) is 5.25. The van der Waals surface area contributed by atoms with E-state index in [4.69, 9.17) is 9.47 Å². The molecule has 0 aliphatic heterocycles. The van der Waals surface area contributed by atoms with Gasteiger partial charge < -0.3 is 19.5 Å². The van der Waals surface area contributed by atoms with Crippen molar-refractivity contribution in [2.75, 3.05) is 34.4 Å². The number of nitrogens with zero attached hydrogens (tertiary/aromatic N) is 1. The van der Waals surface area contributed by atoms with Gasteiger partial charge in [0.2, 0.25) is 0 Å². The van der Waals surface area contributed by atoms with E-state index in [2.05, 4.69) is 11.8 Å². The third-order valence-electron chi connectivity index (χ3n) is 3.17. The summed E-state index contributed by atoms with van der Waals surface area (Å²) in [5.74, 6) is 1.42. The van der Waals surface area contributed by atoms with E-state index in [1.165, 1.54) is 0 Å². The highest BCUT2D eigenvalue weighted by molar-refractivity contribution is 5.41. The first kappa shape index (κ1) is 15.8. The van der Waals surface area contributed by atoms with E-state index in [0.29, 0.717) is 12.3 Å². The molecule has 0 aliphatic rings. The van der Waals surface area contributed by atoms with E-state index in [-0.39, 0.29) is 0 Å². The Bertz CT molecular complexity index is 382. The summed E-state index contributed by atoms with van der Waals surface area (Å²) in [5.41, 5.74) is 0.769. The van der Waals surface area contributed by atoms with Gasteiger partial charge in [-0.2, -0.15) is 0 Å².